The van der Waals surface area contributed by atoms with Gasteiger partial charge in [0.2, 0.25) is 5.91 Å². The van der Waals surface area contributed by atoms with E-state index in [2.05, 4.69) is 59.5 Å². The molecule has 0 aromatic heterocycles. The van der Waals surface area contributed by atoms with Gasteiger partial charge in [0.15, 0.2) is 0 Å². The molecule has 2 saturated carbocycles. The van der Waals surface area contributed by atoms with Gasteiger partial charge in [-0.2, -0.15) is 0 Å². The van der Waals surface area contributed by atoms with Gasteiger partial charge in [0, 0.05) is 38.6 Å². The van der Waals surface area contributed by atoms with Gasteiger partial charge in [-0.3, -0.25) is 9.69 Å². The minimum absolute atomic E-state index is 0.0321. The van der Waals surface area contributed by atoms with Crippen molar-refractivity contribution in [3.8, 4) is 0 Å². The molecule has 0 bridgehead atoms. The van der Waals surface area contributed by atoms with Crippen LogP contribution in [0.5, 0.6) is 0 Å². The summed E-state index contributed by atoms with van der Waals surface area (Å²) >= 11 is 0. The Balaban J connectivity index is 1.51. The van der Waals surface area contributed by atoms with Crippen LogP contribution in [0, 0.1) is 5.92 Å². The zero-order valence-corrected chi connectivity index (χ0v) is 20.1. The monoisotopic (exact) mass is 440 g/mol. The molecule has 1 aliphatic heterocycles. The lowest BCUT2D eigenvalue weighted by atomic mass is 9.68. The molecule has 1 heterocycles. The summed E-state index contributed by atoms with van der Waals surface area (Å²) < 4.78 is 0. The van der Waals surface area contributed by atoms with E-state index in [1.54, 1.807) is 7.05 Å². The van der Waals surface area contributed by atoms with E-state index < -0.39 is 0 Å². The van der Waals surface area contributed by atoms with Crippen molar-refractivity contribution in [2.45, 2.75) is 68.9 Å². The first-order chi connectivity index (χ1) is 15.4. The molecule has 0 unspecified atom stereocenters. The van der Waals surface area contributed by atoms with Gasteiger partial charge in [-0.15, -0.1) is 0 Å². The molecule has 2 aliphatic carbocycles. The maximum absolute atomic E-state index is 13.5. The number of hydrogen-bond donors (Lipinski definition) is 1. The van der Waals surface area contributed by atoms with Crippen molar-refractivity contribution in [1.29, 1.82) is 0 Å². The predicted octanol–water partition coefficient (Wildman–Crippen LogP) is 3.82. The molecular weight excluding hydrogens is 400 g/mol. The first-order valence-electron chi connectivity index (χ1n) is 12.4. The highest BCUT2D eigenvalue weighted by Gasteiger charge is 2.54. The van der Waals surface area contributed by atoms with Crippen molar-refractivity contribution in [2.24, 2.45) is 5.92 Å². The number of urea groups is 1. The number of hydrogen-bond acceptors (Lipinski definition) is 3. The van der Waals surface area contributed by atoms with Crippen LogP contribution in [-0.4, -0.2) is 73.0 Å². The summed E-state index contributed by atoms with van der Waals surface area (Å²) in [4.78, 5) is 31.8. The van der Waals surface area contributed by atoms with Crippen molar-refractivity contribution >= 4 is 11.9 Å². The highest BCUT2D eigenvalue weighted by atomic mass is 16.2. The SMILES string of the molecule is CNC(=O)CCCN1CC2(CCC(c3ccccc3)(N(C)C)CC2)N(CC2CCC2)C1=O. The third kappa shape index (κ3) is 4.26. The minimum Gasteiger partial charge on any atom is -0.359 e. The molecule has 3 amide bonds. The average molecular weight is 441 g/mol. The van der Waals surface area contributed by atoms with Crippen LogP contribution in [0.4, 0.5) is 4.79 Å². The second-order valence-electron chi connectivity index (χ2n) is 10.4. The molecule has 4 rings (SSSR count). The van der Waals surface area contributed by atoms with Crippen LogP contribution in [0.1, 0.15) is 63.4 Å². The molecule has 1 spiro atoms. The van der Waals surface area contributed by atoms with E-state index in [1.165, 1.54) is 24.8 Å². The summed E-state index contributed by atoms with van der Waals surface area (Å²) in [5.74, 6) is 0.713. The summed E-state index contributed by atoms with van der Waals surface area (Å²) in [5, 5.41) is 2.69. The number of nitrogens with one attached hydrogen (secondary N) is 1. The van der Waals surface area contributed by atoms with E-state index in [4.69, 9.17) is 0 Å². The van der Waals surface area contributed by atoms with Crippen molar-refractivity contribution < 1.29 is 9.59 Å². The molecule has 1 aromatic rings. The molecule has 1 N–H and O–H groups in total. The van der Waals surface area contributed by atoms with Crippen LogP contribution in [-0.2, 0) is 10.3 Å². The van der Waals surface area contributed by atoms with E-state index in [1.807, 2.05) is 4.90 Å². The first kappa shape index (κ1) is 23.1. The van der Waals surface area contributed by atoms with E-state index in [-0.39, 0.29) is 23.0 Å². The standard InChI is InChI=1S/C26H40N4O2/c1-27-23(31)13-8-18-29-20-25(30(24(29)32)19-21-9-7-10-21)14-16-26(17-15-25,28(2)3)22-11-5-4-6-12-22/h4-6,11-12,21H,7-10,13-20H2,1-3H3,(H,27,31). The third-order valence-corrected chi connectivity index (χ3v) is 8.51. The van der Waals surface area contributed by atoms with Crippen molar-refractivity contribution in [2.75, 3.05) is 40.8 Å². The maximum atomic E-state index is 13.5. The molecule has 3 fully saturated rings. The van der Waals surface area contributed by atoms with Crippen LogP contribution in [0.25, 0.3) is 0 Å². The Morgan fingerprint density at radius 2 is 1.81 bits per heavy atom. The molecule has 6 heteroatoms. The normalized spacial score (nSPS) is 28.4. The van der Waals surface area contributed by atoms with Gasteiger partial charge in [-0.05, 0) is 70.5 Å². The van der Waals surface area contributed by atoms with E-state index >= 15 is 0 Å². The number of benzene rings is 1. The number of amides is 3. The second kappa shape index (κ2) is 9.42. The first-order valence-corrected chi connectivity index (χ1v) is 12.4. The molecule has 32 heavy (non-hydrogen) atoms. The fraction of sp³-hybridized carbons (Fsp3) is 0.692. The van der Waals surface area contributed by atoms with Crippen molar-refractivity contribution in [1.82, 2.24) is 20.0 Å². The quantitative estimate of drug-likeness (QED) is 0.669. The van der Waals surface area contributed by atoms with Gasteiger partial charge in [-0.1, -0.05) is 36.8 Å². The lowest BCUT2D eigenvalue weighted by Gasteiger charge is -2.51. The largest absolute Gasteiger partial charge is 0.359 e. The lowest BCUT2D eigenvalue weighted by Crippen LogP contribution is -2.56. The van der Waals surface area contributed by atoms with Crippen molar-refractivity contribution in [3.05, 3.63) is 35.9 Å². The van der Waals surface area contributed by atoms with E-state index in [0.29, 0.717) is 18.9 Å². The van der Waals surface area contributed by atoms with Crippen LogP contribution >= 0.6 is 0 Å². The fourth-order valence-electron chi connectivity index (χ4n) is 6.12. The molecule has 3 aliphatic rings. The van der Waals surface area contributed by atoms with Crippen LogP contribution in [0.3, 0.4) is 0 Å². The Hall–Kier alpha value is -2.08. The summed E-state index contributed by atoms with van der Waals surface area (Å²) in [7, 11) is 6.06. The van der Waals surface area contributed by atoms with Gasteiger partial charge in [0.25, 0.3) is 0 Å². The summed E-state index contributed by atoms with van der Waals surface area (Å²) in [5.41, 5.74) is 1.36. The molecule has 0 radical (unpaired) electrons. The van der Waals surface area contributed by atoms with Gasteiger partial charge >= 0.3 is 6.03 Å². The van der Waals surface area contributed by atoms with E-state index in [0.717, 1.165) is 45.2 Å². The van der Waals surface area contributed by atoms with Gasteiger partial charge in [-0.25, -0.2) is 4.79 Å². The third-order valence-electron chi connectivity index (χ3n) is 8.51. The Kier molecular flexibility index (Phi) is 6.80. The Morgan fingerprint density at radius 1 is 1.12 bits per heavy atom. The van der Waals surface area contributed by atoms with Crippen molar-refractivity contribution in [3.63, 3.8) is 0 Å². The van der Waals surface area contributed by atoms with Gasteiger partial charge < -0.3 is 15.1 Å². The maximum Gasteiger partial charge on any atom is 0.320 e. The van der Waals surface area contributed by atoms with Gasteiger partial charge in [0.05, 0.1) is 5.54 Å². The average Bonchev–Trinajstić information content (AvgIpc) is 3.02. The van der Waals surface area contributed by atoms with E-state index in [9.17, 15) is 9.59 Å². The summed E-state index contributed by atoms with van der Waals surface area (Å²) in [6.45, 7) is 2.39. The van der Waals surface area contributed by atoms with Gasteiger partial charge in [0.1, 0.15) is 0 Å². The number of nitrogens with zero attached hydrogens (tertiary/aromatic N) is 3. The van der Waals surface area contributed by atoms with Crippen LogP contribution in [0.15, 0.2) is 30.3 Å². The molecule has 6 nitrogen and oxygen atoms in total. The minimum atomic E-state index is -0.0615. The Labute approximate surface area is 193 Å². The fourth-order valence-corrected chi connectivity index (χ4v) is 6.12. The number of carbonyl (C=O) groups is 2. The molecular formula is C26H40N4O2. The highest BCUT2D eigenvalue weighted by Crippen LogP contribution is 2.49. The molecule has 1 saturated heterocycles. The lowest BCUT2D eigenvalue weighted by molar-refractivity contribution is -0.120. The van der Waals surface area contributed by atoms with Crippen LogP contribution in [0.2, 0.25) is 0 Å². The molecule has 0 atom stereocenters. The van der Waals surface area contributed by atoms with Crippen LogP contribution < -0.4 is 5.32 Å². The number of carbonyl (C=O) groups excluding carboxylic acids is 2. The Bertz CT molecular complexity index is 797. The predicted molar refractivity (Wildman–Crippen MR) is 127 cm³/mol. The summed E-state index contributed by atoms with van der Waals surface area (Å²) in [6.07, 6.45) is 9.19. The smallest absolute Gasteiger partial charge is 0.320 e. The highest BCUT2D eigenvalue weighted by molar-refractivity contribution is 5.79. The topological polar surface area (TPSA) is 55.9 Å². The zero-order chi connectivity index (χ0) is 22.8. The summed E-state index contributed by atoms with van der Waals surface area (Å²) in [6, 6.07) is 11.1. The second-order valence-corrected chi connectivity index (χ2v) is 10.4. The Morgan fingerprint density at radius 3 is 2.38 bits per heavy atom. The number of rotatable bonds is 8. The zero-order valence-electron chi connectivity index (χ0n) is 20.1. The molecule has 176 valence electrons. The molecule has 1 aromatic carbocycles.